The van der Waals surface area contributed by atoms with Crippen LogP contribution in [0.1, 0.15) is 6.92 Å². The molecule has 1 rings (SSSR count). The highest BCUT2D eigenvalue weighted by Crippen LogP contribution is 2.10. The summed E-state index contributed by atoms with van der Waals surface area (Å²) in [7, 11) is 0. The summed E-state index contributed by atoms with van der Waals surface area (Å²) in [6.45, 7) is 3.56. The molecule has 3 N–H and O–H groups in total. The standard InChI is InChI=1S/C6H12N2O2/c1-6(5(7)9)4-8-2-3-10-6/h8H,2-4H2,1H3,(H2,7,9). The second-order valence-corrected chi connectivity index (χ2v) is 2.62. The predicted molar refractivity (Wildman–Crippen MR) is 36.4 cm³/mol. The average Bonchev–Trinajstić information content (AvgIpc) is 1.89. The fraction of sp³-hybridized carbons (Fsp3) is 0.833. The Morgan fingerprint density at radius 2 is 2.50 bits per heavy atom. The Hall–Kier alpha value is -0.610. The molecule has 1 amide bonds. The van der Waals surface area contributed by atoms with Crippen LogP contribution in [-0.2, 0) is 9.53 Å². The zero-order valence-electron chi connectivity index (χ0n) is 6.02. The Labute approximate surface area is 59.7 Å². The van der Waals surface area contributed by atoms with Crippen molar-refractivity contribution in [2.45, 2.75) is 12.5 Å². The zero-order chi connectivity index (χ0) is 7.61. The quantitative estimate of drug-likeness (QED) is 0.488. The normalized spacial score (nSPS) is 33.7. The van der Waals surface area contributed by atoms with Gasteiger partial charge >= 0.3 is 0 Å². The number of amides is 1. The SMILES string of the molecule is CC1(C(N)=O)CNCCO1. The molecule has 0 radical (unpaired) electrons. The van der Waals surface area contributed by atoms with E-state index in [4.69, 9.17) is 10.5 Å². The van der Waals surface area contributed by atoms with Crippen LogP contribution in [0.2, 0.25) is 0 Å². The number of carbonyl (C=O) groups excluding carboxylic acids is 1. The Bertz CT molecular complexity index is 141. The maximum absolute atomic E-state index is 10.7. The molecule has 1 atom stereocenters. The van der Waals surface area contributed by atoms with E-state index in [-0.39, 0.29) is 0 Å². The molecule has 10 heavy (non-hydrogen) atoms. The smallest absolute Gasteiger partial charge is 0.250 e. The predicted octanol–water partition coefficient (Wildman–Crippen LogP) is -1.15. The lowest BCUT2D eigenvalue weighted by Gasteiger charge is -2.30. The molecule has 4 nitrogen and oxygen atoms in total. The molecule has 0 aromatic heterocycles. The molecule has 1 aliphatic heterocycles. The van der Waals surface area contributed by atoms with Crippen LogP contribution in [0, 0.1) is 0 Å². The highest BCUT2D eigenvalue weighted by Gasteiger charge is 2.33. The third-order valence-corrected chi connectivity index (χ3v) is 1.68. The first-order chi connectivity index (χ1) is 4.65. The van der Waals surface area contributed by atoms with E-state index < -0.39 is 11.5 Å². The van der Waals surface area contributed by atoms with Crippen molar-refractivity contribution in [3.63, 3.8) is 0 Å². The van der Waals surface area contributed by atoms with Crippen LogP contribution < -0.4 is 11.1 Å². The number of nitrogens with one attached hydrogen (secondary N) is 1. The molecule has 0 aromatic rings. The summed E-state index contributed by atoms with van der Waals surface area (Å²) in [5.41, 5.74) is 4.30. The summed E-state index contributed by atoms with van der Waals surface area (Å²) in [5, 5.41) is 3.03. The van der Waals surface area contributed by atoms with E-state index in [1.165, 1.54) is 0 Å². The van der Waals surface area contributed by atoms with E-state index in [9.17, 15) is 4.79 Å². The van der Waals surface area contributed by atoms with Crippen molar-refractivity contribution in [3.8, 4) is 0 Å². The summed E-state index contributed by atoms with van der Waals surface area (Å²) in [5.74, 6) is -0.403. The van der Waals surface area contributed by atoms with Gasteiger partial charge in [-0.3, -0.25) is 4.79 Å². The van der Waals surface area contributed by atoms with Gasteiger partial charge in [-0.2, -0.15) is 0 Å². The minimum Gasteiger partial charge on any atom is -0.367 e. The number of morpholine rings is 1. The van der Waals surface area contributed by atoms with Gasteiger partial charge in [0.15, 0.2) is 5.60 Å². The fourth-order valence-corrected chi connectivity index (χ4v) is 0.885. The molecule has 1 heterocycles. The first-order valence-electron chi connectivity index (χ1n) is 3.30. The molecule has 1 saturated heterocycles. The van der Waals surface area contributed by atoms with Gasteiger partial charge in [0.05, 0.1) is 6.61 Å². The Morgan fingerprint density at radius 1 is 1.80 bits per heavy atom. The van der Waals surface area contributed by atoms with E-state index in [2.05, 4.69) is 5.32 Å². The molecular formula is C6H12N2O2. The van der Waals surface area contributed by atoms with Crippen molar-refractivity contribution < 1.29 is 9.53 Å². The van der Waals surface area contributed by atoms with Crippen LogP contribution in [0.15, 0.2) is 0 Å². The molecule has 1 aliphatic rings. The van der Waals surface area contributed by atoms with Crippen LogP contribution in [0.4, 0.5) is 0 Å². The third kappa shape index (κ3) is 1.27. The summed E-state index contributed by atoms with van der Waals surface area (Å²) < 4.78 is 5.19. The Kier molecular flexibility index (Phi) is 1.92. The number of primary amides is 1. The highest BCUT2D eigenvalue weighted by molar-refractivity contribution is 5.83. The number of hydrogen-bond acceptors (Lipinski definition) is 3. The number of nitrogens with two attached hydrogens (primary N) is 1. The van der Waals surface area contributed by atoms with Crippen molar-refractivity contribution in [2.24, 2.45) is 5.73 Å². The Balaban J connectivity index is 2.56. The van der Waals surface area contributed by atoms with E-state index in [1.807, 2.05) is 0 Å². The van der Waals surface area contributed by atoms with Crippen molar-refractivity contribution >= 4 is 5.91 Å². The van der Waals surface area contributed by atoms with Gasteiger partial charge in [-0.05, 0) is 6.92 Å². The third-order valence-electron chi connectivity index (χ3n) is 1.68. The summed E-state index contributed by atoms with van der Waals surface area (Å²) >= 11 is 0. The van der Waals surface area contributed by atoms with Gasteiger partial charge in [-0.25, -0.2) is 0 Å². The van der Waals surface area contributed by atoms with Crippen LogP contribution in [0.25, 0.3) is 0 Å². The molecule has 1 fully saturated rings. The largest absolute Gasteiger partial charge is 0.367 e. The lowest BCUT2D eigenvalue weighted by Crippen LogP contribution is -2.55. The van der Waals surface area contributed by atoms with Crippen LogP contribution in [-0.4, -0.2) is 31.2 Å². The van der Waals surface area contributed by atoms with Crippen molar-refractivity contribution in [1.82, 2.24) is 5.32 Å². The first-order valence-corrected chi connectivity index (χ1v) is 3.30. The molecule has 58 valence electrons. The fourth-order valence-electron chi connectivity index (χ4n) is 0.885. The first kappa shape index (κ1) is 7.50. The van der Waals surface area contributed by atoms with Crippen molar-refractivity contribution in [2.75, 3.05) is 19.7 Å². The number of carbonyl (C=O) groups is 1. The molecule has 0 spiro atoms. The zero-order valence-corrected chi connectivity index (χ0v) is 6.02. The molecule has 0 saturated carbocycles. The van der Waals surface area contributed by atoms with Crippen LogP contribution in [0.5, 0.6) is 0 Å². The van der Waals surface area contributed by atoms with Gasteiger partial charge < -0.3 is 15.8 Å². The van der Waals surface area contributed by atoms with E-state index in [0.717, 1.165) is 6.54 Å². The van der Waals surface area contributed by atoms with Gasteiger partial charge in [-0.15, -0.1) is 0 Å². The molecule has 0 bridgehead atoms. The van der Waals surface area contributed by atoms with Crippen LogP contribution in [0.3, 0.4) is 0 Å². The minimum atomic E-state index is -0.793. The van der Waals surface area contributed by atoms with E-state index in [1.54, 1.807) is 6.92 Å². The van der Waals surface area contributed by atoms with Gasteiger partial charge in [-0.1, -0.05) is 0 Å². The van der Waals surface area contributed by atoms with Crippen molar-refractivity contribution in [1.29, 1.82) is 0 Å². The molecule has 4 heteroatoms. The monoisotopic (exact) mass is 144 g/mol. The lowest BCUT2D eigenvalue weighted by atomic mass is 10.1. The van der Waals surface area contributed by atoms with E-state index >= 15 is 0 Å². The van der Waals surface area contributed by atoms with Gasteiger partial charge in [0, 0.05) is 13.1 Å². The van der Waals surface area contributed by atoms with Crippen molar-refractivity contribution in [3.05, 3.63) is 0 Å². The second-order valence-electron chi connectivity index (χ2n) is 2.62. The average molecular weight is 144 g/mol. The van der Waals surface area contributed by atoms with Gasteiger partial charge in [0.2, 0.25) is 0 Å². The number of rotatable bonds is 1. The minimum absolute atomic E-state index is 0.403. The summed E-state index contributed by atoms with van der Waals surface area (Å²) in [6.07, 6.45) is 0. The maximum Gasteiger partial charge on any atom is 0.250 e. The number of hydrogen-bond donors (Lipinski definition) is 2. The molecule has 0 aliphatic carbocycles. The van der Waals surface area contributed by atoms with E-state index in [0.29, 0.717) is 13.2 Å². The summed E-state index contributed by atoms with van der Waals surface area (Å²) in [4.78, 5) is 10.7. The molecular weight excluding hydrogens is 132 g/mol. The van der Waals surface area contributed by atoms with Gasteiger partial charge in [0.25, 0.3) is 5.91 Å². The number of ether oxygens (including phenoxy) is 1. The topological polar surface area (TPSA) is 64.4 Å². The van der Waals surface area contributed by atoms with Gasteiger partial charge in [0.1, 0.15) is 0 Å². The maximum atomic E-state index is 10.7. The second kappa shape index (κ2) is 2.56. The van der Waals surface area contributed by atoms with Crippen LogP contribution >= 0.6 is 0 Å². The lowest BCUT2D eigenvalue weighted by molar-refractivity contribution is -0.144. The molecule has 1 unspecified atom stereocenters. The Morgan fingerprint density at radius 3 is 2.80 bits per heavy atom. The molecule has 0 aromatic carbocycles. The summed E-state index contributed by atoms with van der Waals surface area (Å²) in [6, 6.07) is 0. The highest BCUT2D eigenvalue weighted by atomic mass is 16.5.